The van der Waals surface area contributed by atoms with Gasteiger partial charge in [-0.05, 0) is 49.4 Å². The number of carbonyl (C=O) groups is 2. The second kappa shape index (κ2) is 10.0. The fraction of sp³-hybridized carbons (Fsp3) is 0.0870. The lowest BCUT2D eigenvalue weighted by Gasteiger charge is -2.11. The quantitative estimate of drug-likeness (QED) is 0.296. The van der Waals surface area contributed by atoms with Crippen LogP contribution in [0, 0.1) is 0 Å². The molecular formula is C23H18ClN3O3S2. The van der Waals surface area contributed by atoms with Crippen LogP contribution < -0.4 is 10.6 Å². The molecule has 9 heteroatoms. The molecule has 4 aromatic rings. The molecule has 2 amide bonds. The first-order chi connectivity index (χ1) is 15.5. The Hall–Kier alpha value is -3.07. The van der Waals surface area contributed by atoms with E-state index in [1.807, 2.05) is 42.6 Å². The zero-order chi connectivity index (χ0) is 22.5. The molecule has 1 unspecified atom stereocenters. The predicted octanol–water partition coefficient (Wildman–Crippen LogP) is 6.43. The number of furan rings is 1. The number of hydrogen-bond acceptors (Lipinski definition) is 6. The Bertz CT molecular complexity index is 1220. The van der Waals surface area contributed by atoms with E-state index in [1.54, 1.807) is 30.3 Å². The molecule has 1 atom stereocenters. The molecule has 6 nitrogen and oxygen atoms in total. The van der Waals surface area contributed by atoms with Crippen LogP contribution in [0.2, 0.25) is 5.02 Å². The summed E-state index contributed by atoms with van der Waals surface area (Å²) in [6, 6.07) is 17.9. The lowest BCUT2D eigenvalue weighted by molar-refractivity contribution is -0.115. The highest BCUT2D eigenvalue weighted by Crippen LogP contribution is 2.29. The predicted molar refractivity (Wildman–Crippen MR) is 130 cm³/mol. The van der Waals surface area contributed by atoms with Crippen LogP contribution in [-0.2, 0) is 4.79 Å². The van der Waals surface area contributed by atoms with Gasteiger partial charge in [-0.25, -0.2) is 4.98 Å². The molecule has 0 aliphatic rings. The van der Waals surface area contributed by atoms with E-state index in [1.165, 1.54) is 29.4 Å². The second-order valence-electron chi connectivity index (χ2n) is 6.75. The monoisotopic (exact) mass is 483 g/mol. The number of amides is 2. The normalized spacial score (nSPS) is 11.7. The van der Waals surface area contributed by atoms with Crippen LogP contribution in [-0.4, -0.2) is 22.0 Å². The largest absolute Gasteiger partial charge is 0.459 e. The number of thioether (sulfide) groups is 1. The summed E-state index contributed by atoms with van der Waals surface area (Å²) in [7, 11) is 0. The summed E-state index contributed by atoms with van der Waals surface area (Å²) in [5.74, 6) is -0.252. The van der Waals surface area contributed by atoms with Crippen molar-refractivity contribution in [3.05, 3.63) is 83.1 Å². The van der Waals surface area contributed by atoms with Gasteiger partial charge in [0.05, 0.1) is 17.2 Å². The molecular weight excluding hydrogens is 466 g/mol. The van der Waals surface area contributed by atoms with Crippen molar-refractivity contribution < 1.29 is 14.0 Å². The Kier molecular flexibility index (Phi) is 6.94. The highest BCUT2D eigenvalue weighted by Gasteiger charge is 2.17. The Labute approximate surface area is 198 Å². The van der Waals surface area contributed by atoms with Crippen molar-refractivity contribution in [2.45, 2.75) is 17.1 Å². The van der Waals surface area contributed by atoms with Gasteiger partial charge in [-0.2, -0.15) is 0 Å². The minimum absolute atomic E-state index is 0.156. The number of thiazole rings is 1. The third kappa shape index (κ3) is 5.59. The van der Waals surface area contributed by atoms with Crippen molar-refractivity contribution >= 4 is 57.3 Å². The van der Waals surface area contributed by atoms with E-state index in [0.29, 0.717) is 15.8 Å². The molecule has 2 heterocycles. The van der Waals surface area contributed by atoms with E-state index in [9.17, 15) is 9.59 Å². The maximum atomic E-state index is 12.7. The fourth-order valence-electron chi connectivity index (χ4n) is 2.80. The van der Waals surface area contributed by atoms with Gasteiger partial charge in [0.15, 0.2) is 10.9 Å². The topological polar surface area (TPSA) is 84.2 Å². The number of anilines is 2. The number of carbonyl (C=O) groups excluding carboxylic acids is 2. The number of benzene rings is 2. The number of nitrogens with zero attached hydrogens (tertiary/aromatic N) is 1. The van der Waals surface area contributed by atoms with Gasteiger partial charge in [-0.15, -0.1) is 23.1 Å². The maximum Gasteiger partial charge on any atom is 0.291 e. The maximum absolute atomic E-state index is 12.7. The number of aromatic nitrogens is 1. The minimum atomic E-state index is -0.367. The van der Waals surface area contributed by atoms with Crippen LogP contribution >= 0.6 is 34.7 Å². The molecule has 0 radical (unpaired) electrons. The van der Waals surface area contributed by atoms with Crippen molar-refractivity contribution in [2.75, 3.05) is 10.6 Å². The molecule has 2 N–H and O–H groups in total. The van der Waals surface area contributed by atoms with Gasteiger partial charge in [0.25, 0.3) is 5.91 Å². The summed E-state index contributed by atoms with van der Waals surface area (Å²) in [5.41, 5.74) is 2.33. The van der Waals surface area contributed by atoms with Crippen molar-refractivity contribution in [1.82, 2.24) is 4.98 Å². The molecule has 32 heavy (non-hydrogen) atoms. The lowest BCUT2D eigenvalue weighted by atomic mass is 10.2. The summed E-state index contributed by atoms with van der Waals surface area (Å²) < 4.78 is 5.10. The first kappa shape index (κ1) is 22.1. The number of rotatable bonds is 7. The Morgan fingerprint density at radius 3 is 2.66 bits per heavy atom. The standard InChI is InChI=1S/C23H18ClN3O3S2/c1-14(21(28)27-23-26-19(13-31-23)15-7-9-16(24)10-8-15)32-18-5-2-4-17(12-18)25-22(29)20-6-3-11-30-20/h2-14H,1H3,(H,25,29)(H,26,27,28). The van der Waals surface area contributed by atoms with Crippen LogP contribution in [0.4, 0.5) is 10.8 Å². The Morgan fingerprint density at radius 1 is 1.09 bits per heavy atom. The smallest absolute Gasteiger partial charge is 0.291 e. The van der Waals surface area contributed by atoms with E-state index < -0.39 is 0 Å². The number of nitrogens with one attached hydrogen (secondary N) is 2. The third-order valence-electron chi connectivity index (χ3n) is 4.39. The van der Waals surface area contributed by atoms with Crippen LogP contribution in [0.25, 0.3) is 11.3 Å². The van der Waals surface area contributed by atoms with Crippen molar-refractivity contribution in [1.29, 1.82) is 0 Å². The highest BCUT2D eigenvalue weighted by atomic mass is 35.5. The molecule has 0 aliphatic heterocycles. The molecule has 2 aromatic heterocycles. The zero-order valence-corrected chi connectivity index (χ0v) is 19.3. The fourth-order valence-corrected chi connectivity index (χ4v) is 4.57. The van der Waals surface area contributed by atoms with Gasteiger partial charge in [0.2, 0.25) is 5.91 Å². The molecule has 2 aromatic carbocycles. The van der Waals surface area contributed by atoms with Crippen molar-refractivity contribution in [2.24, 2.45) is 0 Å². The first-order valence-corrected chi connectivity index (χ1v) is 11.8. The van der Waals surface area contributed by atoms with Gasteiger partial charge in [-0.1, -0.05) is 29.8 Å². The van der Waals surface area contributed by atoms with Crippen LogP contribution in [0.5, 0.6) is 0 Å². The van der Waals surface area contributed by atoms with Crippen LogP contribution in [0.1, 0.15) is 17.5 Å². The van der Waals surface area contributed by atoms with Gasteiger partial charge in [-0.3, -0.25) is 9.59 Å². The van der Waals surface area contributed by atoms with Crippen molar-refractivity contribution in [3.63, 3.8) is 0 Å². The van der Waals surface area contributed by atoms with Gasteiger partial charge < -0.3 is 15.1 Å². The van der Waals surface area contributed by atoms with E-state index in [4.69, 9.17) is 16.0 Å². The first-order valence-electron chi connectivity index (χ1n) is 9.62. The minimum Gasteiger partial charge on any atom is -0.459 e. The summed E-state index contributed by atoms with van der Waals surface area (Å²) >= 11 is 8.69. The molecule has 162 valence electrons. The second-order valence-corrected chi connectivity index (χ2v) is 9.46. The Balaban J connectivity index is 1.36. The summed E-state index contributed by atoms with van der Waals surface area (Å²) in [5, 5.41) is 8.37. The van der Waals surface area contributed by atoms with E-state index in [-0.39, 0.29) is 22.8 Å². The highest BCUT2D eigenvalue weighted by molar-refractivity contribution is 8.00. The number of hydrogen-bond donors (Lipinski definition) is 2. The van der Waals surface area contributed by atoms with Gasteiger partial charge in [0, 0.05) is 26.5 Å². The van der Waals surface area contributed by atoms with Crippen LogP contribution in [0.3, 0.4) is 0 Å². The SMILES string of the molecule is CC(Sc1cccc(NC(=O)c2ccco2)c1)C(=O)Nc1nc(-c2ccc(Cl)cc2)cs1. The molecule has 0 saturated heterocycles. The molecule has 0 fully saturated rings. The lowest BCUT2D eigenvalue weighted by Crippen LogP contribution is -2.22. The molecule has 0 saturated carbocycles. The zero-order valence-electron chi connectivity index (χ0n) is 16.9. The summed E-state index contributed by atoms with van der Waals surface area (Å²) in [6.45, 7) is 1.82. The molecule has 0 aliphatic carbocycles. The van der Waals surface area contributed by atoms with Gasteiger partial charge in [0.1, 0.15) is 0 Å². The summed E-state index contributed by atoms with van der Waals surface area (Å²) in [4.78, 5) is 30.2. The van der Waals surface area contributed by atoms with Crippen LogP contribution in [0.15, 0.2) is 81.6 Å². The third-order valence-corrected chi connectivity index (χ3v) is 6.50. The average Bonchev–Trinajstić information content (AvgIpc) is 3.47. The molecule has 0 bridgehead atoms. The molecule has 4 rings (SSSR count). The van der Waals surface area contributed by atoms with E-state index in [2.05, 4.69) is 15.6 Å². The average molecular weight is 484 g/mol. The van der Waals surface area contributed by atoms with E-state index in [0.717, 1.165) is 16.2 Å². The molecule has 0 spiro atoms. The Morgan fingerprint density at radius 2 is 1.91 bits per heavy atom. The summed E-state index contributed by atoms with van der Waals surface area (Å²) in [6.07, 6.45) is 1.45. The number of halogens is 1. The van der Waals surface area contributed by atoms with Crippen molar-refractivity contribution in [3.8, 4) is 11.3 Å². The van der Waals surface area contributed by atoms with Gasteiger partial charge >= 0.3 is 0 Å². The van der Waals surface area contributed by atoms with E-state index >= 15 is 0 Å².